The first kappa shape index (κ1) is 13.5. The summed E-state index contributed by atoms with van der Waals surface area (Å²) in [4.78, 5) is 11.7. The molecule has 1 fully saturated rings. The molecule has 0 aliphatic heterocycles. The van der Waals surface area contributed by atoms with E-state index in [4.69, 9.17) is 5.73 Å². The van der Waals surface area contributed by atoms with Crippen molar-refractivity contribution < 1.29 is 4.79 Å². The van der Waals surface area contributed by atoms with Crippen LogP contribution in [0.15, 0.2) is 0 Å². The van der Waals surface area contributed by atoms with Crippen molar-refractivity contribution in [1.29, 1.82) is 0 Å². The number of rotatable bonds is 5. The third kappa shape index (κ3) is 4.52. The second-order valence-electron chi connectivity index (χ2n) is 6.30. The molecule has 0 radical (unpaired) electrons. The first-order valence-corrected chi connectivity index (χ1v) is 6.33. The van der Waals surface area contributed by atoms with Gasteiger partial charge in [-0.1, -0.05) is 27.7 Å². The summed E-state index contributed by atoms with van der Waals surface area (Å²) in [6.07, 6.45) is 3.10. The summed E-state index contributed by atoms with van der Waals surface area (Å²) in [6, 6.07) is -0.0660. The smallest absolute Gasteiger partial charge is 0.221 e. The SMILES string of the molecule is CC(CNC(=O)CC(N)C(C)(C)C)C1CC1. The molecule has 1 amide bonds. The van der Waals surface area contributed by atoms with Gasteiger partial charge >= 0.3 is 0 Å². The Morgan fingerprint density at radius 3 is 2.44 bits per heavy atom. The molecule has 3 N–H and O–H groups in total. The van der Waals surface area contributed by atoms with Crippen LogP contribution < -0.4 is 11.1 Å². The van der Waals surface area contributed by atoms with Gasteiger partial charge in [-0.15, -0.1) is 0 Å². The van der Waals surface area contributed by atoms with E-state index in [1.54, 1.807) is 0 Å². The normalized spacial score (nSPS) is 20.3. The fourth-order valence-corrected chi connectivity index (χ4v) is 1.68. The Kier molecular flexibility index (Phi) is 4.36. The molecule has 0 bridgehead atoms. The highest BCUT2D eigenvalue weighted by Gasteiger charge is 2.28. The van der Waals surface area contributed by atoms with Gasteiger partial charge in [0.25, 0.3) is 0 Å². The average molecular weight is 226 g/mol. The maximum Gasteiger partial charge on any atom is 0.221 e. The Morgan fingerprint density at radius 1 is 1.44 bits per heavy atom. The van der Waals surface area contributed by atoms with Crippen LogP contribution in [0.2, 0.25) is 0 Å². The predicted octanol–water partition coefficient (Wildman–Crippen LogP) is 1.91. The number of nitrogens with two attached hydrogens (primary N) is 1. The van der Waals surface area contributed by atoms with Crippen LogP contribution in [0.4, 0.5) is 0 Å². The first-order chi connectivity index (χ1) is 7.30. The minimum absolute atomic E-state index is 0.000547. The Hall–Kier alpha value is -0.570. The van der Waals surface area contributed by atoms with Gasteiger partial charge in [-0.2, -0.15) is 0 Å². The zero-order valence-electron chi connectivity index (χ0n) is 11.0. The van der Waals surface area contributed by atoms with Crippen molar-refractivity contribution >= 4 is 5.91 Å². The van der Waals surface area contributed by atoms with Crippen molar-refractivity contribution in [2.45, 2.75) is 53.0 Å². The van der Waals surface area contributed by atoms with Gasteiger partial charge in [-0.05, 0) is 30.1 Å². The third-order valence-corrected chi connectivity index (χ3v) is 3.57. The minimum atomic E-state index is -0.0660. The summed E-state index contributed by atoms with van der Waals surface area (Å²) in [5.74, 6) is 1.56. The molecular weight excluding hydrogens is 200 g/mol. The highest BCUT2D eigenvalue weighted by Crippen LogP contribution is 2.36. The Bertz CT molecular complexity index is 241. The summed E-state index contributed by atoms with van der Waals surface area (Å²) in [5, 5.41) is 2.99. The second kappa shape index (κ2) is 5.17. The van der Waals surface area contributed by atoms with Gasteiger partial charge in [0, 0.05) is 19.0 Å². The molecule has 1 aliphatic rings. The van der Waals surface area contributed by atoms with E-state index >= 15 is 0 Å². The molecular formula is C13H26N2O. The maximum absolute atomic E-state index is 11.7. The van der Waals surface area contributed by atoms with Crippen molar-refractivity contribution in [2.24, 2.45) is 23.0 Å². The molecule has 1 rings (SSSR count). The molecule has 3 heteroatoms. The lowest BCUT2D eigenvalue weighted by Gasteiger charge is -2.26. The van der Waals surface area contributed by atoms with Crippen LogP contribution in [0.1, 0.15) is 47.0 Å². The number of carbonyl (C=O) groups is 1. The quantitative estimate of drug-likeness (QED) is 0.752. The summed E-state index contributed by atoms with van der Waals surface area (Å²) < 4.78 is 0. The predicted molar refractivity (Wildman–Crippen MR) is 66.9 cm³/mol. The fourth-order valence-electron chi connectivity index (χ4n) is 1.68. The molecule has 3 nitrogen and oxygen atoms in total. The molecule has 2 unspecified atom stereocenters. The highest BCUT2D eigenvalue weighted by molar-refractivity contribution is 5.76. The van der Waals surface area contributed by atoms with Crippen molar-refractivity contribution in [1.82, 2.24) is 5.32 Å². The van der Waals surface area contributed by atoms with Crippen molar-refractivity contribution in [2.75, 3.05) is 6.54 Å². The lowest BCUT2D eigenvalue weighted by atomic mass is 9.85. The molecule has 1 saturated carbocycles. The monoisotopic (exact) mass is 226 g/mol. The topological polar surface area (TPSA) is 55.1 Å². The van der Waals surface area contributed by atoms with Crippen molar-refractivity contribution in [3.05, 3.63) is 0 Å². The van der Waals surface area contributed by atoms with E-state index in [-0.39, 0.29) is 17.4 Å². The van der Waals surface area contributed by atoms with Gasteiger partial charge in [-0.3, -0.25) is 4.79 Å². The molecule has 0 saturated heterocycles. The summed E-state index contributed by atoms with van der Waals surface area (Å²) >= 11 is 0. The van der Waals surface area contributed by atoms with Crippen LogP contribution in [0.3, 0.4) is 0 Å². The molecule has 16 heavy (non-hydrogen) atoms. The lowest BCUT2D eigenvalue weighted by molar-refractivity contribution is -0.122. The van der Waals surface area contributed by atoms with Gasteiger partial charge in [0.15, 0.2) is 0 Å². The third-order valence-electron chi connectivity index (χ3n) is 3.57. The molecule has 94 valence electrons. The number of nitrogens with one attached hydrogen (secondary N) is 1. The van der Waals surface area contributed by atoms with Crippen molar-refractivity contribution in [3.63, 3.8) is 0 Å². The maximum atomic E-state index is 11.7. The Balaban J connectivity index is 2.19. The highest BCUT2D eigenvalue weighted by atomic mass is 16.1. The number of carbonyl (C=O) groups excluding carboxylic acids is 1. The Labute approximate surface area is 99.2 Å². The van der Waals surface area contributed by atoms with Gasteiger partial charge < -0.3 is 11.1 Å². The molecule has 0 spiro atoms. The molecule has 0 aromatic heterocycles. The van der Waals surface area contributed by atoms with Crippen molar-refractivity contribution in [3.8, 4) is 0 Å². The minimum Gasteiger partial charge on any atom is -0.356 e. The molecule has 2 atom stereocenters. The van der Waals surface area contributed by atoms with E-state index in [1.165, 1.54) is 12.8 Å². The van der Waals surface area contributed by atoms with Crippen LogP contribution in [-0.4, -0.2) is 18.5 Å². The Morgan fingerprint density at radius 2 is 2.00 bits per heavy atom. The largest absolute Gasteiger partial charge is 0.356 e. The number of amides is 1. The van der Waals surface area contributed by atoms with Crippen LogP contribution in [0.5, 0.6) is 0 Å². The van der Waals surface area contributed by atoms with E-state index in [9.17, 15) is 4.79 Å². The molecule has 1 aliphatic carbocycles. The number of hydrogen-bond donors (Lipinski definition) is 2. The van der Waals surface area contributed by atoms with Crippen LogP contribution in [-0.2, 0) is 4.79 Å². The standard InChI is InChI=1S/C13H26N2O/c1-9(10-5-6-10)8-15-12(16)7-11(14)13(2,3)4/h9-11H,5-8,14H2,1-4H3,(H,15,16). The van der Waals surface area contributed by atoms with E-state index in [0.29, 0.717) is 12.3 Å². The summed E-state index contributed by atoms with van der Waals surface area (Å²) in [6.45, 7) is 9.22. The number of hydrogen-bond acceptors (Lipinski definition) is 2. The zero-order chi connectivity index (χ0) is 12.3. The molecule has 0 heterocycles. The van der Waals surface area contributed by atoms with E-state index in [1.807, 2.05) is 0 Å². The van der Waals surface area contributed by atoms with E-state index in [2.05, 4.69) is 33.0 Å². The first-order valence-electron chi connectivity index (χ1n) is 6.33. The van der Waals surface area contributed by atoms with E-state index < -0.39 is 0 Å². The van der Waals surface area contributed by atoms with Gasteiger partial charge in [0.2, 0.25) is 5.91 Å². The average Bonchev–Trinajstić information content (AvgIpc) is 2.95. The zero-order valence-corrected chi connectivity index (χ0v) is 11.0. The van der Waals surface area contributed by atoms with Crippen LogP contribution >= 0.6 is 0 Å². The van der Waals surface area contributed by atoms with E-state index in [0.717, 1.165) is 12.5 Å². The second-order valence-corrected chi connectivity index (χ2v) is 6.30. The van der Waals surface area contributed by atoms with Crippen LogP contribution in [0, 0.1) is 17.3 Å². The van der Waals surface area contributed by atoms with Gasteiger partial charge in [0.1, 0.15) is 0 Å². The summed E-state index contributed by atoms with van der Waals surface area (Å²) in [7, 11) is 0. The molecule has 0 aromatic carbocycles. The lowest BCUT2D eigenvalue weighted by Crippen LogP contribution is -2.41. The van der Waals surface area contributed by atoms with Crippen LogP contribution in [0.25, 0.3) is 0 Å². The van der Waals surface area contributed by atoms with Gasteiger partial charge in [-0.25, -0.2) is 0 Å². The fraction of sp³-hybridized carbons (Fsp3) is 0.923. The van der Waals surface area contributed by atoms with Gasteiger partial charge in [0.05, 0.1) is 0 Å². The molecule has 0 aromatic rings. The summed E-state index contributed by atoms with van der Waals surface area (Å²) in [5.41, 5.74) is 5.97.